The smallest absolute Gasteiger partial charge is 0.282 e. The Morgan fingerprint density at radius 3 is 2.23 bits per heavy atom. The third-order valence-corrected chi connectivity index (χ3v) is 4.87. The summed E-state index contributed by atoms with van der Waals surface area (Å²) in [4.78, 5) is 25.5. The Hall–Kier alpha value is -2.99. The highest BCUT2D eigenvalue weighted by Crippen LogP contribution is 2.30. The first-order valence-electron chi connectivity index (χ1n) is 7.88. The molecule has 0 bridgehead atoms. The van der Waals surface area contributed by atoms with E-state index >= 15 is 0 Å². The second-order valence-corrected chi connectivity index (χ2v) is 6.62. The summed E-state index contributed by atoms with van der Waals surface area (Å²) in [7, 11) is 1.58. The molecule has 0 fully saturated rings. The Bertz CT molecular complexity index is 1040. The number of nitrogens with zero attached hydrogens (tertiary/aromatic N) is 2. The number of halogens is 1. The van der Waals surface area contributed by atoms with E-state index in [9.17, 15) is 9.59 Å². The number of benzene rings is 3. The second kappa shape index (κ2) is 6.38. The molecule has 4 rings (SSSR count). The molecule has 0 N–H and O–H groups in total. The van der Waals surface area contributed by atoms with Crippen molar-refractivity contribution in [1.82, 2.24) is 5.01 Å². The molecule has 3 aromatic carbocycles. The Morgan fingerprint density at radius 2 is 1.65 bits per heavy atom. The lowest BCUT2D eigenvalue weighted by molar-refractivity contribution is 0.0616. The topological polar surface area (TPSA) is 59.0 Å². The van der Waals surface area contributed by atoms with E-state index in [0.717, 1.165) is 20.4 Å². The number of carbonyl (C=O) groups is 2. The van der Waals surface area contributed by atoms with Crippen LogP contribution in [0.3, 0.4) is 0 Å². The van der Waals surface area contributed by atoms with Crippen LogP contribution in [0.1, 0.15) is 26.3 Å². The van der Waals surface area contributed by atoms with Gasteiger partial charge >= 0.3 is 0 Å². The van der Waals surface area contributed by atoms with Crippen LogP contribution in [0.15, 0.2) is 64.2 Å². The molecule has 5 nitrogen and oxygen atoms in total. The molecule has 1 heterocycles. The van der Waals surface area contributed by atoms with Crippen molar-refractivity contribution in [2.75, 3.05) is 7.11 Å². The van der Waals surface area contributed by atoms with Crippen LogP contribution in [-0.4, -0.2) is 30.1 Å². The molecule has 3 aromatic rings. The summed E-state index contributed by atoms with van der Waals surface area (Å²) in [5.74, 6) is -0.167. The minimum absolute atomic E-state index is 0.428. The molecule has 26 heavy (non-hydrogen) atoms. The van der Waals surface area contributed by atoms with Crippen LogP contribution >= 0.6 is 15.9 Å². The van der Waals surface area contributed by atoms with Crippen LogP contribution in [0, 0.1) is 0 Å². The molecule has 0 saturated carbocycles. The molecule has 1 aliphatic heterocycles. The fraction of sp³-hybridized carbons (Fsp3) is 0.0500. The van der Waals surface area contributed by atoms with Crippen molar-refractivity contribution in [3.8, 4) is 5.75 Å². The minimum atomic E-state index is -0.428. The molecule has 0 saturated heterocycles. The summed E-state index contributed by atoms with van der Waals surface area (Å²) in [6.45, 7) is 0. The van der Waals surface area contributed by atoms with Crippen molar-refractivity contribution in [1.29, 1.82) is 0 Å². The first kappa shape index (κ1) is 16.5. The zero-order chi connectivity index (χ0) is 18.3. The van der Waals surface area contributed by atoms with Gasteiger partial charge in [-0.2, -0.15) is 10.1 Å². The molecular weight excluding hydrogens is 396 g/mol. The zero-order valence-electron chi connectivity index (χ0n) is 13.8. The SMILES string of the molecule is COc1ccc(/C=N\N2C(=O)c3cccc4cccc(c34)C2=O)cc1Br. The number of hydrogen-bond acceptors (Lipinski definition) is 4. The van der Waals surface area contributed by atoms with E-state index in [-0.39, 0.29) is 0 Å². The molecular formula is C20H13BrN2O3. The minimum Gasteiger partial charge on any atom is -0.496 e. The summed E-state index contributed by atoms with van der Waals surface area (Å²) >= 11 is 3.40. The van der Waals surface area contributed by atoms with Gasteiger partial charge in [0.1, 0.15) is 5.75 Å². The molecule has 2 amide bonds. The summed E-state index contributed by atoms with van der Waals surface area (Å²) in [6.07, 6.45) is 1.48. The van der Waals surface area contributed by atoms with Crippen molar-refractivity contribution in [3.63, 3.8) is 0 Å². The number of methoxy groups -OCH3 is 1. The Labute approximate surface area is 158 Å². The second-order valence-electron chi connectivity index (χ2n) is 5.77. The molecule has 128 valence electrons. The summed E-state index contributed by atoms with van der Waals surface area (Å²) in [6, 6.07) is 16.2. The van der Waals surface area contributed by atoms with Gasteiger partial charge in [-0.15, -0.1) is 0 Å². The number of ether oxygens (including phenoxy) is 1. The van der Waals surface area contributed by atoms with Crippen molar-refractivity contribution in [2.45, 2.75) is 0 Å². The Kier molecular flexibility index (Phi) is 4.05. The first-order chi connectivity index (χ1) is 12.6. The van der Waals surface area contributed by atoms with Gasteiger partial charge in [-0.3, -0.25) is 9.59 Å². The lowest BCUT2D eigenvalue weighted by atomic mass is 9.95. The van der Waals surface area contributed by atoms with Crippen molar-refractivity contribution < 1.29 is 14.3 Å². The quantitative estimate of drug-likeness (QED) is 0.480. The van der Waals surface area contributed by atoms with Gasteiger partial charge in [0, 0.05) is 5.39 Å². The predicted molar refractivity (Wildman–Crippen MR) is 103 cm³/mol. The van der Waals surface area contributed by atoms with Gasteiger partial charge in [-0.05, 0) is 57.2 Å². The van der Waals surface area contributed by atoms with Crippen LogP contribution < -0.4 is 4.74 Å². The average molecular weight is 409 g/mol. The van der Waals surface area contributed by atoms with E-state index in [1.807, 2.05) is 12.1 Å². The Balaban J connectivity index is 1.74. The fourth-order valence-corrected chi connectivity index (χ4v) is 3.57. The normalized spacial score (nSPS) is 13.7. The van der Waals surface area contributed by atoms with Crippen molar-refractivity contribution in [2.24, 2.45) is 5.10 Å². The van der Waals surface area contributed by atoms with Crippen molar-refractivity contribution in [3.05, 3.63) is 75.8 Å². The van der Waals surface area contributed by atoms with Crippen LogP contribution in [0.5, 0.6) is 5.75 Å². The number of amides is 2. The summed E-state index contributed by atoms with van der Waals surface area (Å²) in [5.41, 5.74) is 1.69. The van der Waals surface area contributed by atoms with Gasteiger partial charge in [-0.25, -0.2) is 0 Å². The van der Waals surface area contributed by atoms with E-state index in [2.05, 4.69) is 21.0 Å². The van der Waals surface area contributed by atoms with E-state index in [1.165, 1.54) is 6.21 Å². The largest absolute Gasteiger partial charge is 0.496 e. The third-order valence-electron chi connectivity index (χ3n) is 4.25. The van der Waals surface area contributed by atoms with Gasteiger partial charge in [0.2, 0.25) is 0 Å². The molecule has 0 unspecified atom stereocenters. The molecule has 0 radical (unpaired) electrons. The number of hydrogen-bond donors (Lipinski definition) is 0. The van der Waals surface area contributed by atoms with E-state index in [1.54, 1.807) is 49.6 Å². The number of hydrazone groups is 1. The summed E-state index contributed by atoms with van der Waals surface area (Å²) < 4.78 is 5.95. The molecule has 0 aliphatic carbocycles. The molecule has 1 aliphatic rings. The predicted octanol–water partition coefficient (Wildman–Crippen LogP) is 4.24. The standard InChI is InChI=1S/C20H13BrN2O3/c1-26-17-9-8-12(10-16(17)21)11-22-23-19(24)14-6-2-4-13-5-3-7-15(18(13)14)20(23)25/h2-11H,1H3/b22-11-. The summed E-state index contributed by atoms with van der Waals surface area (Å²) in [5, 5.41) is 6.61. The fourth-order valence-electron chi connectivity index (χ4n) is 3.01. The Morgan fingerprint density at radius 1 is 1.00 bits per heavy atom. The highest BCUT2D eigenvalue weighted by atomic mass is 79.9. The van der Waals surface area contributed by atoms with Gasteiger partial charge in [0.05, 0.1) is 28.9 Å². The van der Waals surface area contributed by atoms with E-state index < -0.39 is 11.8 Å². The number of carbonyl (C=O) groups excluding carboxylic acids is 2. The average Bonchev–Trinajstić information content (AvgIpc) is 2.66. The van der Waals surface area contributed by atoms with Gasteiger partial charge in [0.15, 0.2) is 0 Å². The van der Waals surface area contributed by atoms with Gasteiger partial charge in [0.25, 0.3) is 11.8 Å². The monoisotopic (exact) mass is 408 g/mol. The van der Waals surface area contributed by atoms with Crippen LogP contribution in [0.25, 0.3) is 10.8 Å². The lowest BCUT2D eigenvalue weighted by Crippen LogP contribution is -2.36. The van der Waals surface area contributed by atoms with Gasteiger partial charge in [-0.1, -0.05) is 24.3 Å². The molecule has 0 atom stereocenters. The maximum atomic E-state index is 12.8. The highest BCUT2D eigenvalue weighted by molar-refractivity contribution is 9.10. The molecule has 0 aromatic heterocycles. The first-order valence-corrected chi connectivity index (χ1v) is 8.67. The molecule has 0 spiro atoms. The lowest BCUT2D eigenvalue weighted by Gasteiger charge is -2.23. The maximum absolute atomic E-state index is 12.8. The molecule has 6 heteroatoms. The maximum Gasteiger partial charge on any atom is 0.282 e. The van der Waals surface area contributed by atoms with Crippen LogP contribution in [0.2, 0.25) is 0 Å². The third kappa shape index (κ3) is 2.59. The highest BCUT2D eigenvalue weighted by Gasteiger charge is 2.32. The number of rotatable bonds is 3. The van der Waals surface area contributed by atoms with E-state index in [0.29, 0.717) is 22.3 Å². The number of imide groups is 1. The van der Waals surface area contributed by atoms with Gasteiger partial charge < -0.3 is 4.74 Å². The van der Waals surface area contributed by atoms with E-state index in [4.69, 9.17) is 4.74 Å². The van der Waals surface area contributed by atoms with Crippen molar-refractivity contribution >= 4 is 44.7 Å². The zero-order valence-corrected chi connectivity index (χ0v) is 15.4. The van der Waals surface area contributed by atoms with Crippen LogP contribution in [0.4, 0.5) is 0 Å². The van der Waals surface area contributed by atoms with Crippen LogP contribution in [-0.2, 0) is 0 Å².